The third-order valence-corrected chi connectivity index (χ3v) is 3.41. The van der Waals surface area contributed by atoms with E-state index in [4.69, 9.17) is 5.73 Å². The van der Waals surface area contributed by atoms with Crippen LogP contribution in [0.4, 0.5) is 0 Å². The van der Waals surface area contributed by atoms with Crippen molar-refractivity contribution in [1.29, 1.82) is 0 Å². The van der Waals surface area contributed by atoms with Gasteiger partial charge in [0.2, 0.25) is 5.91 Å². The van der Waals surface area contributed by atoms with Crippen molar-refractivity contribution >= 4 is 5.91 Å². The summed E-state index contributed by atoms with van der Waals surface area (Å²) in [6.45, 7) is 3.09. The summed E-state index contributed by atoms with van der Waals surface area (Å²) in [6.07, 6.45) is 7.31. The molecule has 0 unspecified atom stereocenters. The van der Waals surface area contributed by atoms with Gasteiger partial charge in [-0.1, -0.05) is 25.0 Å². The van der Waals surface area contributed by atoms with Crippen LogP contribution in [0.25, 0.3) is 0 Å². The zero-order valence-electron chi connectivity index (χ0n) is 11.1. The molecule has 1 heterocycles. The highest BCUT2D eigenvalue weighted by Gasteiger charge is 2.26. The largest absolute Gasteiger partial charge is 0.369 e. The third kappa shape index (κ3) is 3.55. The van der Waals surface area contributed by atoms with Crippen LogP contribution >= 0.6 is 0 Å². The lowest BCUT2D eigenvalue weighted by Crippen LogP contribution is -2.16. The van der Waals surface area contributed by atoms with Crippen LogP contribution in [-0.2, 0) is 24.2 Å². The van der Waals surface area contributed by atoms with Crippen LogP contribution in [0.5, 0.6) is 0 Å². The molecule has 1 aliphatic rings. The fourth-order valence-electron chi connectivity index (χ4n) is 2.18. The van der Waals surface area contributed by atoms with E-state index in [1.54, 1.807) is 0 Å². The van der Waals surface area contributed by atoms with Gasteiger partial charge in [0.05, 0.1) is 17.8 Å². The van der Waals surface area contributed by atoms with Crippen LogP contribution in [0.2, 0.25) is 0 Å². The molecule has 0 radical (unpaired) electrons. The average Bonchev–Trinajstić information content (AvgIpc) is 3.06. The summed E-state index contributed by atoms with van der Waals surface area (Å²) in [5, 5.41) is 8.31. The Morgan fingerprint density at radius 3 is 2.83 bits per heavy atom. The second-order valence-electron chi connectivity index (χ2n) is 5.20. The van der Waals surface area contributed by atoms with E-state index < -0.39 is 0 Å². The average molecular weight is 250 g/mol. The Morgan fingerprint density at radius 1 is 1.44 bits per heavy atom. The van der Waals surface area contributed by atoms with Crippen LogP contribution in [0.15, 0.2) is 0 Å². The number of unbranched alkanes of at least 4 members (excludes halogenated alkanes) is 2. The Bertz CT molecular complexity index is 409. The molecule has 1 aromatic rings. The molecule has 5 nitrogen and oxygen atoms in total. The SMILES string of the molecule is CCCCCn1nnc(CC(N)=O)c1CC1CC1. The summed E-state index contributed by atoms with van der Waals surface area (Å²) >= 11 is 0. The standard InChI is InChI=1S/C13H22N4O/c1-2-3-4-7-17-12(8-10-5-6-10)11(15-16-17)9-13(14)18/h10H,2-9H2,1H3,(H2,14,18). The van der Waals surface area contributed by atoms with Gasteiger partial charge in [0.25, 0.3) is 0 Å². The number of nitrogens with zero attached hydrogens (tertiary/aromatic N) is 3. The Kier molecular flexibility index (Phi) is 4.33. The van der Waals surface area contributed by atoms with E-state index in [-0.39, 0.29) is 12.3 Å². The molecule has 1 saturated carbocycles. The van der Waals surface area contributed by atoms with Crippen LogP contribution < -0.4 is 5.73 Å². The Balaban J connectivity index is 2.06. The molecule has 0 saturated heterocycles. The molecule has 2 N–H and O–H groups in total. The molecule has 0 spiro atoms. The summed E-state index contributed by atoms with van der Waals surface area (Å²) in [4.78, 5) is 11.0. The van der Waals surface area contributed by atoms with Crippen molar-refractivity contribution in [2.45, 2.75) is 58.4 Å². The minimum absolute atomic E-state index is 0.218. The molecule has 1 amide bonds. The Morgan fingerprint density at radius 2 is 2.22 bits per heavy atom. The van der Waals surface area contributed by atoms with Crippen molar-refractivity contribution in [2.24, 2.45) is 11.7 Å². The second kappa shape index (κ2) is 5.98. The highest BCUT2D eigenvalue weighted by atomic mass is 16.1. The minimum Gasteiger partial charge on any atom is -0.369 e. The molecule has 0 atom stereocenters. The molecule has 0 bridgehead atoms. The number of hydrogen-bond acceptors (Lipinski definition) is 3. The maximum atomic E-state index is 11.0. The van der Waals surface area contributed by atoms with Crippen LogP contribution in [0.3, 0.4) is 0 Å². The number of hydrogen-bond donors (Lipinski definition) is 1. The highest BCUT2D eigenvalue weighted by molar-refractivity contribution is 5.76. The van der Waals surface area contributed by atoms with Gasteiger partial charge < -0.3 is 5.73 Å². The number of rotatable bonds is 8. The monoisotopic (exact) mass is 250 g/mol. The van der Waals surface area contributed by atoms with Gasteiger partial charge in [-0.25, -0.2) is 4.68 Å². The summed E-state index contributed by atoms with van der Waals surface area (Å²) in [6, 6.07) is 0. The van der Waals surface area contributed by atoms with Crippen molar-refractivity contribution < 1.29 is 4.79 Å². The van der Waals surface area contributed by atoms with Gasteiger partial charge in [0.1, 0.15) is 0 Å². The van der Waals surface area contributed by atoms with Gasteiger partial charge in [-0.05, 0) is 31.6 Å². The first-order valence-corrected chi connectivity index (χ1v) is 6.90. The van der Waals surface area contributed by atoms with Crippen molar-refractivity contribution in [3.05, 3.63) is 11.4 Å². The van der Waals surface area contributed by atoms with E-state index in [1.807, 2.05) is 4.68 Å². The molecule has 100 valence electrons. The van der Waals surface area contributed by atoms with Gasteiger partial charge in [-0.3, -0.25) is 4.79 Å². The maximum absolute atomic E-state index is 11.0. The van der Waals surface area contributed by atoms with Gasteiger partial charge >= 0.3 is 0 Å². The van der Waals surface area contributed by atoms with Crippen molar-refractivity contribution in [3.63, 3.8) is 0 Å². The lowest BCUT2D eigenvalue weighted by Gasteiger charge is -2.06. The lowest BCUT2D eigenvalue weighted by atomic mass is 10.1. The van der Waals surface area contributed by atoms with Crippen molar-refractivity contribution in [1.82, 2.24) is 15.0 Å². The van der Waals surface area contributed by atoms with Crippen molar-refractivity contribution in [3.8, 4) is 0 Å². The molecular weight excluding hydrogens is 228 g/mol. The third-order valence-electron chi connectivity index (χ3n) is 3.41. The summed E-state index contributed by atoms with van der Waals surface area (Å²) < 4.78 is 1.98. The smallest absolute Gasteiger partial charge is 0.223 e. The topological polar surface area (TPSA) is 73.8 Å². The predicted octanol–water partition coefficient (Wildman–Crippen LogP) is 1.45. The summed E-state index contributed by atoms with van der Waals surface area (Å²) in [5.74, 6) is 0.438. The quantitative estimate of drug-likeness (QED) is 0.710. The number of amides is 1. The number of carbonyl (C=O) groups is 1. The van der Waals surface area contributed by atoms with Gasteiger partial charge in [-0.15, -0.1) is 5.10 Å². The van der Waals surface area contributed by atoms with Gasteiger partial charge in [0.15, 0.2) is 0 Å². The molecule has 1 fully saturated rings. The van der Waals surface area contributed by atoms with E-state index in [0.717, 1.165) is 36.7 Å². The molecule has 0 aromatic carbocycles. The van der Waals surface area contributed by atoms with Crippen molar-refractivity contribution in [2.75, 3.05) is 0 Å². The number of aromatic nitrogens is 3. The summed E-state index contributed by atoms with van der Waals surface area (Å²) in [7, 11) is 0. The molecule has 1 aliphatic carbocycles. The number of nitrogens with two attached hydrogens (primary N) is 1. The predicted molar refractivity (Wildman–Crippen MR) is 68.9 cm³/mol. The fraction of sp³-hybridized carbons (Fsp3) is 0.769. The van der Waals surface area contributed by atoms with E-state index in [0.29, 0.717) is 0 Å². The Hall–Kier alpha value is -1.39. The first-order valence-electron chi connectivity index (χ1n) is 6.90. The van der Waals surface area contributed by atoms with Crippen LogP contribution in [0, 0.1) is 5.92 Å². The highest BCUT2D eigenvalue weighted by Crippen LogP contribution is 2.33. The lowest BCUT2D eigenvalue weighted by molar-refractivity contribution is -0.117. The van der Waals surface area contributed by atoms with E-state index >= 15 is 0 Å². The molecule has 2 rings (SSSR count). The fourth-order valence-corrected chi connectivity index (χ4v) is 2.18. The van der Waals surface area contributed by atoms with Gasteiger partial charge in [0, 0.05) is 6.54 Å². The first kappa shape index (κ1) is 13.1. The zero-order chi connectivity index (χ0) is 13.0. The van der Waals surface area contributed by atoms with E-state index in [9.17, 15) is 4.79 Å². The van der Waals surface area contributed by atoms with E-state index in [2.05, 4.69) is 17.2 Å². The molecule has 18 heavy (non-hydrogen) atoms. The number of carbonyl (C=O) groups excluding carboxylic acids is 1. The van der Waals surface area contributed by atoms with E-state index in [1.165, 1.54) is 25.7 Å². The number of aryl methyl sites for hydroxylation is 1. The van der Waals surface area contributed by atoms with Crippen LogP contribution in [0.1, 0.15) is 50.4 Å². The van der Waals surface area contributed by atoms with Gasteiger partial charge in [-0.2, -0.15) is 0 Å². The molecular formula is C13H22N4O. The van der Waals surface area contributed by atoms with Crippen LogP contribution in [-0.4, -0.2) is 20.9 Å². The summed E-state index contributed by atoms with van der Waals surface area (Å²) in [5.41, 5.74) is 7.17. The maximum Gasteiger partial charge on any atom is 0.223 e. The normalized spacial score (nSPS) is 14.9. The molecule has 5 heteroatoms. The minimum atomic E-state index is -0.326. The zero-order valence-corrected chi connectivity index (χ0v) is 11.1. The molecule has 0 aliphatic heterocycles. The second-order valence-corrected chi connectivity index (χ2v) is 5.20. The Labute approximate surface area is 108 Å². The first-order chi connectivity index (χ1) is 8.70. The number of primary amides is 1. The molecule has 1 aromatic heterocycles.